The van der Waals surface area contributed by atoms with Gasteiger partial charge in [0.05, 0.1) is 0 Å². The lowest BCUT2D eigenvalue weighted by atomic mass is 10.4. The molecule has 0 amide bonds. The fourth-order valence-corrected chi connectivity index (χ4v) is 3.77. The van der Waals surface area contributed by atoms with Gasteiger partial charge in [-0.2, -0.15) is 0 Å². The van der Waals surface area contributed by atoms with Gasteiger partial charge in [0.1, 0.15) is 3.53 Å². The molecule has 2 heterocycles. The Hall–Kier alpha value is -1.05. The molecule has 0 aromatic carbocycles. The van der Waals surface area contributed by atoms with E-state index in [4.69, 9.17) is 12.2 Å². The lowest BCUT2D eigenvalue weighted by molar-refractivity contribution is 0.905. The molecule has 0 aliphatic carbocycles. The predicted molar refractivity (Wildman–Crippen MR) is 87.3 cm³/mol. The van der Waals surface area contributed by atoms with Crippen molar-refractivity contribution in [1.82, 2.24) is 19.9 Å². The SMILES string of the molecule is Cc1cc(C)nc(SC(=S)Sc2nc(C)cc(C)n2)n1. The van der Waals surface area contributed by atoms with Crippen molar-refractivity contribution in [1.29, 1.82) is 0 Å². The minimum absolute atomic E-state index is 0.671. The molecule has 0 unspecified atom stereocenters. The van der Waals surface area contributed by atoms with E-state index in [-0.39, 0.29) is 0 Å². The van der Waals surface area contributed by atoms with Crippen molar-refractivity contribution in [3.8, 4) is 0 Å². The highest BCUT2D eigenvalue weighted by Gasteiger charge is 2.09. The van der Waals surface area contributed by atoms with Crippen LogP contribution >= 0.6 is 35.7 Å². The molecule has 0 spiro atoms. The van der Waals surface area contributed by atoms with E-state index in [2.05, 4.69) is 19.9 Å². The van der Waals surface area contributed by atoms with Gasteiger partial charge in [0.15, 0.2) is 10.3 Å². The van der Waals surface area contributed by atoms with Gasteiger partial charge in [0.2, 0.25) is 0 Å². The topological polar surface area (TPSA) is 51.6 Å². The fraction of sp³-hybridized carbons (Fsp3) is 0.308. The summed E-state index contributed by atoms with van der Waals surface area (Å²) in [5, 5.41) is 1.34. The standard InChI is InChI=1S/C13H14N4S3/c1-7-5-8(2)15-11(14-7)19-13(18)20-12-16-9(3)6-10(4)17-12/h5-6H,1-4H3. The number of hydrogen-bond donors (Lipinski definition) is 0. The van der Waals surface area contributed by atoms with E-state index in [9.17, 15) is 0 Å². The maximum absolute atomic E-state index is 5.36. The van der Waals surface area contributed by atoms with Crippen LogP contribution in [0.4, 0.5) is 0 Å². The molecule has 7 heteroatoms. The van der Waals surface area contributed by atoms with Crippen LogP contribution in [0.1, 0.15) is 22.8 Å². The van der Waals surface area contributed by atoms with Gasteiger partial charge in [-0.1, -0.05) is 12.2 Å². The molecule has 0 radical (unpaired) electrons. The lowest BCUT2D eigenvalue weighted by Crippen LogP contribution is -1.97. The van der Waals surface area contributed by atoms with Gasteiger partial charge in [0, 0.05) is 22.8 Å². The molecular weight excluding hydrogens is 308 g/mol. The zero-order valence-corrected chi connectivity index (χ0v) is 14.1. The summed E-state index contributed by atoms with van der Waals surface area (Å²) in [7, 11) is 0. The highest BCUT2D eigenvalue weighted by molar-refractivity contribution is 8.47. The Morgan fingerprint density at radius 2 is 1.05 bits per heavy atom. The molecular formula is C13H14N4S3. The number of rotatable bonds is 2. The first-order chi connectivity index (χ1) is 9.42. The van der Waals surface area contributed by atoms with Crippen molar-refractivity contribution in [2.24, 2.45) is 0 Å². The largest absolute Gasteiger partial charge is 0.228 e. The van der Waals surface area contributed by atoms with Crippen molar-refractivity contribution in [2.45, 2.75) is 38.0 Å². The molecule has 0 fully saturated rings. The summed E-state index contributed by atoms with van der Waals surface area (Å²) in [6, 6.07) is 3.88. The molecule has 0 aliphatic heterocycles. The predicted octanol–water partition coefficient (Wildman–Crippen LogP) is 3.67. The van der Waals surface area contributed by atoms with E-state index < -0.39 is 0 Å². The Bertz CT molecular complexity index is 562. The van der Waals surface area contributed by atoms with Crippen LogP contribution in [-0.2, 0) is 0 Å². The molecule has 0 N–H and O–H groups in total. The molecule has 0 saturated carbocycles. The maximum atomic E-state index is 5.36. The highest BCUT2D eigenvalue weighted by atomic mass is 32.2. The van der Waals surface area contributed by atoms with E-state index in [0.29, 0.717) is 13.8 Å². The zero-order chi connectivity index (χ0) is 14.7. The van der Waals surface area contributed by atoms with Gasteiger partial charge in [-0.3, -0.25) is 0 Å². The molecule has 2 rings (SSSR count). The Kier molecular flexibility index (Phi) is 5.06. The summed E-state index contributed by atoms with van der Waals surface area (Å²) >= 11 is 8.10. The first-order valence-corrected chi connectivity index (χ1v) is 8.01. The van der Waals surface area contributed by atoms with Crippen LogP contribution in [0.3, 0.4) is 0 Å². The average molecular weight is 322 g/mol. The van der Waals surface area contributed by atoms with Crippen molar-refractivity contribution in [3.05, 3.63) is 34.9 Å². The molecule has 0 saturated heterocycles. The van der Waals surface area contributed by atoms with E-state index in [1.165, 1.54) is 23.5 Å². The molecule has 4 nitrogen and oxygen atoms in total. The third kappa shape index (κ3) is 4.50. The third-order valence-electron chi connectivity index (χ3n) is 2.27. The molecule has 0 bridgehead atoms. The lowest BCUT2D eigenvalue weighted by Gasteiger charge is -2.04. The summed E-state index contributed by atoms with van der Waals surface area (Å²) in [6.45, 7) is 7.79. The number of thioether (sulfide) groups is 2. The summed E-state index contributed by atoms with van der Waals surface area (Å²) in [5.41, 5.74) is 3.76. The number of nitrogens with zero attached hydrogens (tertiary/aromatic N) is 4. The van der Waals surface area contributed by atoms with Crippen molar-refractivity contribution >= 4 is 39.3 Å². The minimum atomic E-state index is 0.671. The van der Waals surface area contributed by atoms with E-state index in [1.54, 1.807) is 0 Å². The summed E-state index contributed by atoms with van der Waals surface area (Å²) in [6.07, 6.45) is 0. The Balaban J connectivity index is 2.08. The second-order valence-corrected chi connectivity index (χ2v) is 7.46. The molecule has 0 aliphatic rings. The van der Waals surface area contributed by atoms with Crippen LogP contribution in [0.15, 0.2) is 22.4 Å². The van der Waals surface area contributed by atoms with Gasteiger partial charge < -0.3 is 0 Å². The van der Waals surface area contributed by atoms with Crippen LogP contribution < -0.4 is 0 Å². The molecule has 2 aromatic rings. The van der Waals surface area contributed by atoms with Crippen LogP contribution in [0.5, 0.6) is 0 Å². The Labute approximate surface area is 132 Å². The van der Waals surface area contributed by atoms with E-state index in [0.717, 1.165) is 22.8 Å². The second-order valence-electron chi connectivity index (χ2n) is 4.32. The van der Waals surface area contributed by atoms with Crippen molar-refractivity contribution in [3.63, 3.8) is 0 Å². The van der Waals surface area contributed by atoms with Crippen LogP contribution in [-0.4, -0.2) is 23.5 Å². The van der Waals surface area contributed by atoms with Crippen molar-refractivity contribution in [2.75, 3.05) is 0 Å². The molecule has 0 atom stereocenters. The number of aromatic nitrogens is 4. The van der Waals surface area contributed by atoms with Gasteiger partial charge >= 0.3 is 0 Å². The minimum Gasteiger partial charge on any atom is -0.228 e. The first-order valence-electron chi connectivity index (χ1n) is 5.96. The normalized spacial score (nSPS) is 10.6. The molecule has 2 aromatic heterocycles. The Morgan fingerprint density at radius 3 is 1.35 bits per heavy atom. The van der Waals surface area contributed by atoms with Gasteiger partial charge in [0.25, 0.3) is 0 Å². The number of aryl methyl sites for hydroxylation is 4. The molecule has 104 valence electrons. The highest BCUT2D eigenvalue weighted by Crippen LogP contribution is 2.27. The average Bonchev–Trinajstić information content (AvgIpc) is 2.24. The monoisotopic (exact) mass is 322 g/mol. The quantitative estimate of drug-likeness (QED) is 0.475. The first kappa shape index (κ1) is 15.3. The maximum Gasteiger partial charge on any atom is 0.194 e. The van der Waals surface area contributed by atoms with Crippen LogP contribution in [0.2, 0.25) is 0 Å². The smallest absolute Gasteiger partial charge is 0.194 e. The second kappa shape index (κ2) is 6.60. The van der Waals surface area contributed by atoms with E-state index >= 15 is 0 Å². The third-order valence-corrected chi connectivity index (χ3v) is 4.34. The van der Waals surface area contributed by atoms with Crippen LogP contribution in [0.25, 0.3) is 0 Å². The number of thiocarbonyl (C=S) groups is 1. The molecule has 20 heavy (non-hydrogen) atoms. The summed E-state index contributed by atoms with van der Waals surface area (Å²) in [5.74, 6) is 0. The fourth-order valence-electron chi connectivity index (χ4n) is 1.65. The van der Waals surface area contributed by atoms with Crippen LogP contribution in [0, 0.1) is 27.7 Å². The van der Waals surface area contributed by atoms with E-state index in [1.807, 2.05) is 39.8 Å². The zero-order valence-electron chi connectivity index (χ0n) is 11.7. The van der Waals surface area contributed by atoms with Gasteiger partial charge in [-0.05, 0) is 63.4 Å². The summed E-state index contributed by atoms with van der Waals surface area (Å²) < 4.78 is 0.694. The Morgan fingerprint density at radius 1 is 0.750 bits per heavy atom. The van der Waals surface area contributed by atoms with Gasteiger partial charge in [-0.15, -0.1) is 0 Å². The number of hydrogen-bond acceptors (Lipinski definition) is 7. The van der Waals surface area contributed by atoms with Crippen molar-refractivity contribution < 1.29 is 0 Å². The summed E-state index contributed by atoms with van der Waals surface area (Å²) in [4.78, 5) is 17.4. The van der Waals surface area contributed by atoms with Gasteiger partial charge in [-0.25, -0.2) is 19.9 Å².